The normalized spacial score (nSPS) is 16.9. The molecule has 0 bridgehead atoms. The monoisotopic (exact) mass is 271 g/mol. The third-order valence-electron chi connectivity index (χ3n) is 3.94. The molecule has 0 saturated heterocycles. The molecule has 0 radical (unpaired) electrons. The summed E-state index contributed by atoms with van der Waals surface area (Å²) in [6.45, 7) is 1.93. The van der Waals surface area contributed by atoms with E-state index in [1.54, 1.807) is 12.5 Å². The molecule has 2 heterocycles. The molecular formula is C16H21N3O. The Morgan fingerprint density at radius 3 is 2.70 bits per heavy atom. The maximum absolute atomic E-state index is 5.18. The number of nitrogens with one attached hydrogen (secondary N) is 1. The van der Waals surface area contributed by atoms with Crippen LogP contribution in [0.15, 0.2) is 29.2 Å². The van der Waals surface area contributed by atoms with Crippen LogP contribution in [-0.2, 0) is 0 Å². The van der Waals surface area contributed by atoms with Crippen LogP contribution in [0, 0.1) is 6.92 Å². The SMILES string of the molecule is Cc1ncc(-c2ccoc2)c(NC2CCCCCC2)n1. The third kappa shape index (κ3) is 3.00. The van der Waals surface area contributed by atoms with Gasteiger partial charge in [0.05, 0.1) is 12.5 Å². The molecule has 0 spiro atoms. The van der Waals surface area contributed by atoms with Crippen molar-refractivity contribution in [3.05, 3.63) is 30.6 Å². The lowest BCUT2D eigenvalue weighted by Crippen LogP contribution is -2.20. The molecule has 0 amide bonds. The van der Waals surface area contributed by atoms with E-state index >= 15 is 0 Å². The molecule has 2 aromatic heterocycles. The van der Waals surface area contributed by atoms with Crippen molar-refractivity contribution in [3.8, 4) is 11.1 Å². The summed E-state index contributed by atoms with van der Waals surface area (Å²) in [5, 5.41) is 3.63. The van der Waals surface area contributed by atoms with Crippen molar-refractivity contribution in [1.29, 1.82) is 0 Å². The van der Waals surface area contributed by atoms with Gasteiger partial charge in [0, 0.05) is 23.4 Å². The second kappa shape index (κ2) is 6.07. The molecule has 4 heteroatoms. The minimum Gasteiger partial charge on any atom is -0.472 e. The van der Waals surface area contributed by atoms with Gasteiger partial charge in [-0.15, -0.1) is 0 Å². The Labute approximate surface area is 119 Å². The number of rotatable bonds is 3. The molecular weight excluding hydrogens is 250 g/mol. The summed E-state index contributed by atoms with van der Waals surface area (Å²) in [5.74, 6) is 1.74. The molecule has 0 aliphatic heterocycles. The molecule has 1 N–H and O–H groups in total. The molecule has 3 rings (SSSR count). The molecule has 1 saturated carbocycles. The van der Waals surface area contributed by atoms with Gasteiger partial charge in [0.2, 0.25) is 0 Å². The zero-order chi connectivity index (χ0) is 13.8. The van der Waals surface area contributed by atoms with E-state index in [0.717, 1.165) is 22.8 Å². The van der Waals surface area contributed by atoms with E-state index in [9.17, 15) is 0 Å². The number of anilines is 1. The number of nitrogens with zero attached hydrogens (tertiary/aromatic N) is 2. The van der Waals surface area contributed by atoms with Crippen molar-refractivity contribution < 1.29 is 4.42 Å². The molecule has 0 aromatic carbocycles. The highest BCUT2D eigenvalue weighted by atomic mass is 16.3. The summed E-state index contributed by atoms with van der Waals surface area (Å²) < 4.78 is 5.18. The highest BCUT2D eigenvalue weighted by Gasteiger charge is 2.16. The second-order valence-corrected chi connectivity index (χ2v) is 5.52. The average molecular weight is 271 g/mol. The van der Waals surface area contributed by atoms with E-state index in [4.69, 9.17) is 4.42 Å². The van der Waals surface area contributed by atoms with Crippen LogP contribution in [0.1, 0.15) is 44.3 Å². The van der Waals surface area contributed by atoms with Gasteiger partial charge < -0.3 is 9.73 Å². The maximum atomic E-state index is 5.18. The smallest absolute Gasteiger partial charge is 0.137 e. The highest BCUT2D eigenvalue weighted by Crippen LogP contribution is 2.28. The Kier molecular flexibility index (Phi) is 4.00. The standard InChI is InChI=1S/C16H21N3O/c1-12-17-10-15(13-8-9-20-11-13)16(18-12)19-14-6-4-2-3-5-7-14/h8-11,14H,2-7H2,1H3,(H,17,18,19). The van der Waals surface area contributed by atoms with Crippen LogP contribution < -0.4 is 5.32 Å². The first-order chi connectivity index (χ1) is 9.83. The van der Waals surface area contributed by atoms with Crippen molar-refractivity contribution in [2.24, 2.45) is 0 Å². The number of hydrogen-bond acceptors (Lipinski definition) is 4. The Morgan fingerprint density at radius 2 is 2.00 bits per heavy atom. The Balaban J connectivity index is 1.85. The predicted octanol–water partition coefficient (Wildman–Crippen LogP) is 4.18. The summed E-state index contributed by atoms with van der Waals surface area (Å²) in [6.07, 6.45) is 13.1. The van der Waals surface area contributed by atoms with E-state index in [0.29, 0.717) is 6.04 Å². The number of aryl methyl sites for hydroxylation is 1. The van der Waals surface area contributed by atoms with E-state index in [1.807, 2.05) is 19.2 Å². The number of hydrogen-bond donors (Lipinski definition) is 1. The lowest BCUT2D eigenvalue weighted by Gasteiger charge is -2.19. The van der Waals surface area contributed by atoms with Crippen molar-refractivity contribution in [2.45, 2.75) is 51.5 Å². The summed E-state index contributed by atoms with van der Waals surface area (Å²) >= 11 is 0. The maximum Gasteiger partial charge on any atom is 0.137 e. The largest absolute Gasteiger partial charge is 0.472 e. The zero-order valence-corrected chi connectivity index (χ0v) is 11.9. The van der Waals surface area contributed by atoms with Crippen molar-refractivity contribution in [2.75, 3.05) is 5.32 Å². The Hall–Kier alpha value is -1.84. The van der Waals surface area contributed by atoms with E-state index in [-0.39, 0.29) is 0 Å². The second-order valence-electron chi connectivity index (χ2n) is 5.52. The first kappa shape index (κ1) is 13.2. The summed E-state index contributed by atoms with van der Waals surface area (Å²) in [5.41, 5.74) is 2.05. The molecule has 1 aliphatic rings. The molecule has 4 nitrogen and oxygen atoms in total. The van der Waals surface area contributed by atoms with Crippen LogP contribution >= 0.6 is 0 Å². The number of furan rings is 1. The van der Waals surface area contributed by atoms with Gasteiger partial charge in [0.25, 0.3) is 0 Å². The van der Waals surface area contributed by atoms with Crippen molar-refractivity contribution in [3.63, 3.8) is 0 Å². The summed E-state index contributed by atoms with van der Waals surface area (Å²) in [4.78, 5) is 8.90. The van der Waals surface area contributed by atoms with Crippen molar-refractivity contribution in [1.82, 2.24) is 9.97 Å². The Bertz CT molecular complexity index is 543. The molecule has 2 aromatic rings. The van der Waals surface area contributed by atoms with Crippen molar-refractivity contribution >= 4 is 5.82 Å². The van der Waals surface area contributed by atoms with Gasteiger partial charge in [0.15, 0.2) is 0 Å². The molecule has 0 unspecified atom stereocenters. The third-order valence-corrected chi connectivity index (χ3v) is 3.94. The molecule has 106 valence electrons. The fourth-order valence-corrected chi connectivity index (χ4v) is 2.83. The summed E-state index contributed by atoms with van der Waals surface area (Å²) in [7, 11) is 0. The molecule has 0 atom stereocenters. The first-order valence-corrected chi connectivity index (χ1v) is 7.45. The minimum atomic E-state index is 0.525. The van der Waals surface area contributed by atoms with Gasteiger partial charge >= 0.3 is 0 Å². The molecule has 20 heavy (non-hydrogen) atoms. The van der Waals surface area contributed by atoms with Crippen LogP contribution in [0.3, 0.4) is 0 Å². The van der Waals surface area contributed by atoms with Gasteiger partial charge in [-0.25, -0.2) is 9.97 Å². The quantitative estimate of drug-likeness (QED) is 0.851. The first-order valence-electron chi connectivity index (χ1n) is 7.45. The molecule has 1 fully saturated rings. The van der Waals surface area contributed by atoms with E-state index < -0.39 is 0 Å². The highest BCUT2D eigenvalue weighted by molar-refractivity contribution is 5.73. The minimum absolute atomic E-state index is 0.525. The van der Waals surface area contributed by atoms with Crippen LogP contribution in [0.4, 0.5) is 5.82 Å². The molecule has 1 aliphatic carbocycles. The van der Waals surface area contributed by atoms with E-state index in [2.05, 4.69) is 15.3 Å². The van der Waals surface area contributed by atoms with E-state index in [1.165, 1.54) is 38.5 Å². The van der Waals surface area contributed by atoms with Crippen LogP contribution in [0.5, 0.6) is 0 Å². The predicted molar refractivity (Wildman–Crippen MR) is 79.6 cm³/mol. The van der Waals surface area contributed by atoms with Gasteiger partial charge in [0.1, 0.15) is 11.6 Å². The Morgan fingerprint density at radius 1 is 1.20 bits per heavy atom. The zero-order valence-electron chi connectivity index (χ0n) is 11.9. The fourth-order valence-electron chi connectivity index (χ4n) is 2.83. The fraction of sp³-hybridized carbons (Fsp3) is 0.500. The van der Waals surface area contributed by atoms with Crippen LogP contribution in [0.2, 0.25) is 0 Å². The lowest BCUT2D eigenvalue weighted by molar-refractivity contribution is 0.568. The van der Waals surface area contributed by atoms with Crippen LogP contribution in [0.25, 0.3) is 11.1 Å². The average Bonchev–Trinajstić information content (AvgIpc) is 2.85. The summed E-state index contributed by atoms with van der Waals surface area (Å²) in [6, 6.07) is 2.48. The van der Waals surface area contributed by atoms with Gasteiger partial charge in [-0.2, -0.15) is 0 Å². The topological polar surface area (TPSA) is 51.0 Å². The van der Waals surface area contributed by atoms with Gasteiger partial charge in [-0.05, 0) is 25.8 Å². The van der Waals surface area contributed by atoms with Crippen LogP contribution in [-0.4, -0.2) is 16.0 Å². The lowest BCUT2D eigenvalue weighted by atomic mass is 10.1. The number of aromatic nitrogens is 2. The van der Waals surface area contributed by atoms with Gasteiger partial charge in [-0.3, -0.25) is 0 Å². The van der Waals surface area contributed by atoms with Gasteiger partial charge in [-0.1, -0.05) is 25.7 Å².